The third-order valence-corrected chi connectivity index (χ3v) is 6.21. The van der Waals surface area contributed by atoms with E-state index in [1.807, 2.05) is 0 Å². The number of thioether (sulfide) groups is 1. The molecule has 3 heterocycles. The topological polar surface area (TPSA) is 167 Å². The van der Waals surface area contributed by atoms with E-state index in [0.29, 0.717) is 17.9 Å². The van der Waals surface area contributed by atoms with E-state index in [2.05, 4.69) is 22.0 Å². The third-order valence-electron chi connectivity index (χ3n) is 4.13. The van der Waals surface area contributed by atoms with Crippen molar-refractivity contribution < 1.29 is 29.4 Å². The summed E-state index contributed by atoms with van der Waals surface area (Å²) in [4.78, 5) is 45.3. The average Bonchev–Trinajstić information content (AvgIpc) is 3.07. The molecule has 0 bridgehead atoms. The number of allylic oxidation sites excluding steroid dienone is 1. The number of nitrogens with one attached hydrogen (secondary N) is 1. The predicted molar refractivity (Wildman–Crippen MR) is 106 cm³/mol. The molecule has 0 saturated carbocycles. The number of nitrogen functional groups attached to an aromatic ring is 1. The summed E-state index contributed by atoms with van der Waals surface area (Å²) in [6.07, 6.45) is 1.52. The lowest BCUT2D eigenvalue weighted by Gasteiger charge is -2.51. The highest BCUT2D eigenvalue weighted by atomic mass is 32.2. The second-order valence-electron chi connectivity index (χ2n) is 6.00. The van der Waals surface area contributed by atoms with Crippen LogP contribution in [0.4, 0.5) is 5.13 Å². The van der Waals surface area contributed by atoms with E-state index in [1.165, 1.54) is 23.2 Å². The Morgan fingerprint density at radius 3 is 2.83 bits per heavy atom. The summed E-state index contributed by atoms with van der Waals surface area (Å²) in [6.45, 7) is 3.23. The number of amides is 1. The van der Waals surface area contributed by atoms with Gasteiger partial charge in [0.1, 0.15) is 11.4 Å². The SMILES string of the molecule is C=CC1=C(C(=O)O)N2CC(NC(=O)/C(=N\OCC(=O)O)c3csc(N)n3)C2SC1. The number of aliphatic carboxylic acids is 2. The number of aromatic nitrogens is 1. The smallest absolute Gasteiger partial charge is 0.352 e. The van der Waals surface area contributed by atoms with Crippen molar-refractivity contribution in [1.29, 1.82) is 0 Å². The second-order valence-corrected chi connectivity index (χ2v) is 7.99. The van der Waals surface area contributed by atoms with Crippen LogP contribution in [0.15, 0.2) is 34.5 Å². The van der Waals surface area contributed by atoms with Crippen LogP contribution in [-0.4, -0.2) is 74.0 Å². The molecule has 1 aromatic heterocycles. The van der Waals surface area contributed by atoms with Crippen molar-refractivity contribution in [3.63, 3.8) is 0 Å². The summed E-state index contributed by atoms with van der Waals surface area (Å²) in [7, 11) is 0. The number of hydrogen-bond acceptors (Lipinski definition) is 10. The largest absolute Gasteiger partial charge is 0.479 e. The molecule has 1 saturated heterocycles. The number of carbonyl (C=O) groups excluding carboxylic acids is 1. The van der Waals surface area contributed by atoms with E-state index in [4.69, 9.17) is 15.7 Å². The normalized spacial score (nSPS) is 21.1. The summed E-state index contributed by atoms with van der Waals surface area (Å²) >= 11 is 2.58. The Labute approximate surface area is 172 Å². The molecular weight excluding hydrogens is 422 g/mol. The van der Waals surface area contributed by atoms with Gasteiger partial charge in [-0.05, 0) is 5.57 Å². The van der Waals surface area contributed by atoms with E-state index in [-0.39, 0.29) is 33.6 Å². The van der Waals surface area contributed by atoms with Crippen LogP contribution in [0.5, 0.6) is 0 Å². The molecule has 29 heavy (non-hydrogen) atoms. The first-order chi connectivity index (χ1) is 13.8. The molecule has 154 valence electrons. The molecule has 2 aliphatic rings. The van der Waals surface area contributed by atoms with Crippen molar-refractivity contribution in [2.24, 2.45) is 5.16 Å². The lowest BCUT2D eigenvalue weighted by Crippen LogP contribution is -2.67. The fourth-order valence-corrected chi connectivity index (χ4v) is 4.77. The number of thiazole rings is 1. The molecule has 1 aromatic rings. The minimum atomic E-state index is -1.24. The fourth-order valence-electron chi connectivity index (χ4n) is 2.86. The van der Waals surface area contributed by atoms with Crippen molar-refractivity contribution in [2.75, 3.05) is 24.6 Å². The average molecular weight is 439 g/mol. The number of carboxylic acid groups (broad SMARTS) is 2. The minimum absolute atomic E-state index is 0.155. The molecule has 5 N–H and O–H groups in total. The number of fused-ring (bicyclic) bond motifs is 1. The van der Waals surface area contributed by atoms with Crippen LogP contribution < -0.4 is 11.1 Å². The molecule has 0 aliphatic carbocycles. The number of anilines is 1. The van der Waals surface area contributed by atoms with Crippen molar-refractivity contribution in [2.45, 2.75) is 11.4 Å². The first-order valence-electron chi connectivity index (χ1n) is 8.23. The molecule has 11 nitrogen and oxygen atoms in total. The van der Waals surface area contributed by atoms with Crippen molar-refractivity contribution in [3.05, 3.63) is 35.0 Å². The highest BCUT2D eigenvalue weighted by Crippen LogP contribution is 2.39. The lowest BCUT2D eigenvalue weighted by molar-refractivity contribution is -0.142. The molecule has 2 atom stereocenters. The standard InChI is InChI=1S/C16H17N5O6S2/c1-2-7-5-28-14-8(3-21(14)12(7)15(25)26)18-13(24)11(20-27-4-10(22)23)9-6-29-16(17)19-9/h2,6,8,14H,1,3-5H2,(H2,17,19)(H,18,24)(H,22,23)(H,25,26)/b20-11-. The van der Waals surface area contributed by atoms with Crippen LogP contribution in [0.2, 0.25) is 0 Å². The van der Waals surface area contributed by atoms with E-state index in [1.54, 1.807) is 4.90 Å². The molecule has 2 unspecified atom stereocenters. The van der Waals surface area contributed by atoms with Gasteiger partial charge in [-0.2, -0.15) is 0 Å². The van der Waals surface area contributed by atoms with Gasteiger partial charge in [0.2, 0.25) is 6.61 Å². The van der Waals surface area contributed by atoms with Gasteiger partial charge in [-0.1, -0.05) is 17.8 Å². The Kier molecular flexibility index (Phi) is 6.08. The minimum Gasteiger partial charge on any atom is -0.479 e. The Balaban J connectivity index is 1.73. The summed E-state index contributed by atoms with van der Waals surface area (Å²) in [5.74, 6) is -2.45. The summed E-state index contributed by atoms with van der Waals surface area (Å²) in [5.41, 5.74) is 6.35. The van der Waals surface area contributed by atoms with Gasteiger partial charge in [0.25, 0.3) is 5.91 Å². The number of nitrogens with two attached hydrogens (primary N) is 1. The maximum Gasteiger partial charge on any atom is 0.352 e. The molecule has 13 heteroatoms. The molecule has 0 aromatic carbocycles. The molecule has 0 spiro atoms. The monoisotopic (exact) mass is 439 g/mol. The number of nitrogens with zero attached hydrogens (tertiary/aromatic N) is 3. The number of hydrogen-bond donors (Lipinski definition) is 4. The molecular formula is C16H17N5O6S2. The quantitative estimate of drug-likeness (QED) is 0.318. The maximum absolute atomic E-state index is 12.7. The summed E-state index contributed by atoms with van der Waals surface area (Å²) in [5, 5.41) is 26.0. The zero-order chi connectivity index (χ0) is 21.1. The van der Waals surface area contributed by atoms with Gasteiger partial charge >= 0.3 is 11.9 Å². The Bertz CT molecular complexity index is 927. The van der Waals surface area contributed by atoms with Gasteiger partial charge in [-0.3, -0.25) is 4.79 Å². The Hall–Kier alpha value is -3.06. The molecule has 2 aliphatic heterocycles. The first-order valence-corrected chi connectivity index (χ1v) is 10.2. The molecule has 0 radical (unpaired) electrons. The highest BCUT2D eigenvalue weighted by molar-refractivity contribution is 8.00. The Morgan fingerprint density at radius 1 is 1.48 bits per heavy atom. The van der Waals surface area contributed by atoms with E-state index in [9.17, 15) is 19.5 Å². The van der Waals surface area contributed by atoms with Crippen LogP contribution in [-0.2, 0) is 19.2 Å². The van der Waals surface area contributed by atoms with E-state index < -0.39 is 24.5 Å². The van der Waals surface area contributed by atoms with E-state index >= 15 is 0 Å². The molecule has 3 rings (SSSR count). The summed E-state index contributed by atoms with van der Waals surface area (Å²) in [6, 6.07) is -0.339. The van der Waals surface area contributed by atoms with Gasteiger partial charge < -0.3 is 31.0 Å². The van der Waals surface area contributed by atoms with Crippen molar-refractivity contribution in [1.82, 2.24) is 15.2 Å². The van der Waals surface area contributed by atoms with Crippen LogP contribution in [0.3, 0.4) is 0 Å². The van der Waals surface area contributed by atoms with Crippen LogP contribution >= 0.6 is 23.1 Å². The molecule has 1 amide bonds. The zero-order valence-electron chi connectivity index (χ0n) is 14.9. The van der Waals surface area contributed by atoms with Gasteiger partial charge in [-0.15, -0.1) is 23.1 Å². The zero-order valence-corrected chi connectivity index (χ0v) is 16.5. The predicted octanol–water partition coefficient (Wildman–Crippen LogP) is -0.0714. The van der Waals surface area contributed by atoms with Gasteiger partial charge in [0.15, 0.2) is 10.8 Å². The molecule has 1 fully saturated rings. The van der Waals surface area contributed by atoms with Gasteiger partial charge in [0.05, 0.1) is 11.4 Å². The fraction of sp³-hybridized carbons (Fsp3) is 0.312. The lowest BCUT2D eigenvalue weighted by atomic mass is 10.0. The number of carbonyl (C=O) groups is 3. The van der Waals surface area contributed by atoms with Crippen LogP contribution in [0.25, 0.3) is 0 Å². The summed E-state index contributed by atoms with van der Waals surface area (Å²) < 4.78 is 0. The number of rotatable bonds is 8. The number of carboxylic acids is 2. The Morgan fingerprint density at radius 2 is 2.24 bits per heavy atom. The van der Waals surface area contributed by atoms with Crippen molar-refractivity contribution >= 4 is 51.8 Å². The third kappa shape index (κ3) is 4.35. The van der Waals surface area contributed by atoms with Crippen LogP contribution in [0, 0.1) is 0 Å². The second kappa shape index (κ2) is 8.53. The van der Waals surface area contributed by atoms with Crippen LogP contribution in [0.1, 0.15) is 5.69 Å². The van der Waals surface area contributed by atoms with Crippen molar-refractivity contribution in [3.8, 4) is 0 Å². The number of oxime groups is 1. The van der Waals surface area contributed by atoms with E-state index in [0.717, 1.165) is 11.3 Å². The first kappa shape index (κ1) is 20.7. The highest BCUT2D eigenvalue weighted by Gasteiger charge is 2.46. The van der Waals surface area contributed by atoms with Gasteiger partial charge in [0, 0.05) is 17.7 Å². The maximum atomic E-state index is 12.7. The van der Waals surface area contributed by atoms with Gasteiger partial charge in [-0.25, -0.2) is 14.6 Å².